The van der Waals surface area contributed by atoms with E-state index >= 15 is 0 Å². The van der Waals surface area contributed by atoms with Crippen LogP contribution in [-0.2, 0) is 12.0 Å². The van der Waals surface area contributed by atoms with Gasteiger partial charge in [-0.2, -0.15) is 0 Å². The Morgan fingerprint density at radius 3 is 2.79 bits per heavy atom. The van der Waals surface area contributed by atoms with Crippen molar-refractivity contribution in [3.8, 4) is 0 Å². The van der Waals surface area contributed by atoms with Crippen molar-refractivity contribution in [2.24, 2.45) is 10.7 Å². The number of nitrogens with two attached hydrogens (primary N) is 2. The minimum atomic E-state index is -0.911. The van der Waals surface area contributed by atoms with Gasteiger partial charge in [-0.25, -0.2) is 9.38 Å². The number of hydrogen-bond acceptors (Lipinski definition) is 6. The largest absolute Gasteiger partial charge is 0.453 e. The van der Waals surface area contributed by atoms with Gasteiger partial charge < -0.3 is 15.9 Å². The van der Waals surface area contributed by atoms with E-state index in [1.165, 1.54) is 17.8 Å². The molecule has 148 valence electrons. The topological polar surface area (TPSA) is 94.6 Å². The monoisotopic (exact) mass is 409 g/mol. The van der Waals surface area contributed by atoms with Crippen molar-refractivity contribution >= 4 is 39.4 Å². The molecule has 0 spiro atoms. The number of rotatable bonds is 4. The molecule has 1 aliphatic heterocycles. The van der Waals surface area contributed by atoms with Gasteiger partial charge in [-0.1, -0.05) is 17.8 Å². The first-order chi connectivity index (χ1) is 13.8. The maximum absolute atomic E-state index is 14.6. The second-order valence-electron chi connectivity index (χ2n) is 7.24. The molecule has 3 aromatic rings. The van der Waals surface area contributed by atoms with E-state index < -0.39 is 11.4 Å². The predicted molar refractivity (Wildman–Crippen MR) is 116 cm³/mol. The predicted octanol–water partition coefficient (Wildman–Crippen LogP) is 4.68. The second-order valence-corrected chi connectivity index (χ2v) is 8.17. The number of aliphatic imine (C=N–C) groups is 1. The zero-order valence-corrected chi connectivity index (χ0v) is 16.8. The summed E-state index contributed by atoms with van der Waals surface area (Å²) in [5.41, 5.74) is 13.8. The lowest BCUT2D eigenvalue weighted by atomic mass is 9.90. The van der Waals surface area contributed by atoms with Gasteiger partial charge in [-0.05, 0) is 61.2 Å². The summed E-state index contributed by atoms with van der Waals surface area (Å²) in [5, 5.41) is 2.98. The maximum atomic E-state index is 14.6. The van der Waals surface area contributed by atoms with Gasteiger partial charge in [0, 0.05) is 28.6 Å². The first kappa shape index (κ1) is 19.3. The molecule has 7 heteroatoms. The number of ketones is 1. The van der Waals surface area contributed by atoms with E-state index in [9.17, 15) is 9.18 Å². The molecule has 0 bridgehead atoms. The minimum Gasteiger partial charge on any atom is -0.453 e. The van der Waals surface area contributed by atoms with E-state index in [1.54, 1.807) is 48.7 Å². The Bertz CT molecular complexity index is 1200. The van der Waals surface area contributed by atoms with Crippen LogP contribution in [0.5, 0.6) is 0 Å². The maximum Gasteiger partial charge on any atom is 0.202 e. The Hall–Kier alpha value is -3.06. The van der Waals surface area contributed by atoms with Crippen LogP contribution in [0.3, 0.4) is 0 Å². The highest BCUT2D eigenvalue weighted by Crippen LogP contribution is 2.35. The van der Waals surface area contributed by atoms with Crippen molar-refractivity contribution in [3.05, 3.63) is 76.2 Å². The molecule has 5 nitrogen and oxygen atoms in total. The average Bonchev–Trinajstić information content (AvgIpc) is 2.99. The molecule has 0 aliphatic carbocycles. The molecule has 29 heavy (non-hydrogen) atoms. The Kier molecular flexibility index (Phi) is 4.70. The van der Waals surface area contributed by atoms with Crippen molar-refractivity contribution in [1.29, 1.82) is 0 Å². The Morgan fingerprint density at radius 1 is 1.24 bits per heavy atom. The van der Waals surface area contributed by atoms with Crippen LogP contribution in [0.25, 0.3) is 11.0 Å². The number of carbonyl (C=O) groups excluding carboxylic acids is 1. The van der Waals surface area contributed by atoms with Crippen molar-refractivity contribution < 1.29 is 13.6 Å². The van der Waals surface area contributed by atoms with Crippen molar-refractivity contribution in [2.75, 3.05) is 5.73 Å². The zero-order valence-electron chi connectivity index (χ0n) is 16.0. The highest BCUT2D eigenvalue weighted by atomic mass is 32.2. The summed E-state index contributed by atoms with van der Waals surface area (Å²) in [6, 6.07) is 9.90. The quantitative estimate of drug-likeness (QED) is 0.482. The smallest absolute Gasteiger partial charge is 0.202 e. The first-order valence-corrected chi connectivity index (χ1v) is 9.95. The molecule has 0 saturated heterocycles. The van der Waals surface area contributed by atoms with Gasteiger partial charge >= 0.3 is 0 Å². The van der Waals surface area contributed by atoms with Crippen LogP contribution in [0.1, 0.15) is 34.2 Å². The number of anilines is 1. The van der Waals surface area contributed by atoms with Crippen LogP contribution in [0.4, 0.5) is 10.1 Å². The van der Waals surface area contributed by atoms with Crippen LogP contribution in [0.2, 0.25) is 0 Å². The number of Topliss-reactive ketones (excluding diaryl/α,β-unsaturated/α-hetero) is 1. The number of thioether (sulfide) groups is 1. The Labute approximate surface area is 171 Å². The lowest BCUT2D eigenvalue weighted by Crippen LogP contribution is -2.25. The molecule has 0 fully saturated rings. The number of carbonyl (C=O) groups is 1. The third-order valence-electron chi connectivity index (χ3n) is 5.08. The molecule has 2 heterocycles. The van der Waals surface area contributed by atoms with E-state index in [0.29, 0.717) is 33.3 Å². The third-order valence-corrected chi connectivity index (χ3v) is 5.68. The minimum absolute atomic E-state index is 0.0805. The molecule has 1 aliphatic rings. The number of benzene rings is 2. The molecule has 0 radical (unpaired) electrons. The number of amidine groups is 1. The highest BCUT2D eigenvalue weighted by molar-refractivity contribution is 8.16. The summed E-state index contributed by atoms with van der Waals surface area (Å²) in [5.74, 6) is -0.288. The van der Waals surface area contributed by atoms with Gasteiger partial charge in [-0.15, -0.1) is 0 Å². The molecule has 4 rings (SSSR count). The van der Waals surface area contributed by atoms with E-state index in [0.717, 1.165) is 10.9 Å². The van der Waals surface area contributed by atoms with E-state index in [2.05, 4.69) is 4.99 Å². The summed E-state index contributed by atoms with van der Waals surface area (Å²) in [7, 11) is 0. The molecule has 4 N–H and O–H groups in total. The second kappa shape index (κ2) is 7.08. The fourth-order valence-electron chi connectivity index (χ4n) is 3.52. The summed E-state index contributed by atoms with van der Waals surface area (Å²) >= 11 is 1.29. The van der Waals surface area contributed by atoms with Gasteiger partial charge in [-0.3, -0.25) is 4.79 Å². The van der Waals surface area contributed by atoms with Crippen LogP contribution in [-0.4, -0.2) is 11.0 Å². The van der Waals surface area contributed by atoms with Gasteiger partial charge in [0.25, 0.3) is 0 Å². The van der Waals surface area contributed by atoms with Gasteiger partial charge in [0.1, 0.15) is 16.9 Å². The summed E-state index contributed by atoms with van der Waals surface area (Å²) in [6.45, 7) is 3.62. The molecular weight excluding hydrogens is 389 g/mol. The highest BCUT2D eigenvalue weighted by Gasteiger charge is 2.29. The third kappa shape index (κ3) is 3.53. The standard InChI is InChI=1S/C22H20FN3O2S/c1-12-15-11-14(24)4-6-19(15)28-20(12)18(27)10-13-3-5-17(23)16(9-13)22(2)7-8-29-21(25)26-22/h3-9,11H,10,24H2,1-2H3,(H2,25,26)/t22-/m0/s1. The Balaban J connectivity index is 1.67. The van der Waals surface area contributed by atoms with Gasteiger partial charge in [0.05, 0.1) is 0 Å². The fourth-order valence-corrected chi connectivity index (χ4v) is 4.23. The fraction of sp³-hybridized carbons (Fsp3) is 0.182. The number of fused-ring (bicyclic) bond motifs is 1. The number of nitrogen functional groups attached to an aromatic ring is 1. The van der Waals surface area contributed by atoms with Gasteiger partial charge in [0.2, 0.25) is 5.78 Å². The Morgan fingerprint density at radius 2 is 2.03 bits per heavy atom. The SMILES string of the molecule is Cc1c(C(=O)Cc2ccc(F)c([C@]3(C)C=CSC(N)=N3)c2)oc2ccc(N)cc12. The number of halogens is 1. The molecule has 0 unspecified atom stereocenters. The molecule has 1 aromatic heterocycles. The van der Waals surface area contributed by atoms with Crippen molar-refractivity contribution in [1.82, 2.24) is 0 Å². The van der Waals surface area contributed by atoms with Crippen LogP contribution >= 0.6 is 11.8 Å². The van der Waals surface area contributed by atoms with Crippen LogP contribution in [0, 0.1) is 12.7 Å². The molecule has 0 amide bonds. The molecular formula is C22H20FN3O2S. The van der Waals surface area contributed by atoms with Gasteiger partial charge in [0.15, 0.2) is 10.9 Å². The number of nitrogens with zero attached hydrogens (tertiary/aromatic N) is 1. The van der Waals surface area contributed by atoms with Crippen LogP contribution in [0.15, 0.2) is 57.3 Å². The van der Waals surface area contributed by atoms with E-state index in [4.69, 9.17) is 15.9 Å². The van der Waals surface area contributed by atoms with Crippen LogP contribution < -0.4 is 11.5 Å². The summed E-state index contributed by atoms with van der Waals surface area (Å²) in [4.78, 5) is 17.3. The van der Waals surface area contributed by atoms with Crippen molar-refractivity contribution in [3.63, 3.8) is 0 Å². The molecule has 2 aromatic carbocycles. The lowest BCUT2D eigenvalue weighted by Gasteiger charge is -2.26. The van der Waals surface area contributed by atoms with Crippen molar-refractivity contribution in [2.45, 2.75) is 25.8 Å². The number of hydrogen-bond donors (Lipinski definition) is 2. The molecule has 1 atom stereocenters. The van der Waals surface area contributed by atoms with E-state index in [-0.39, 0.29) is 12.2 Å². The summed E-state index contributed by atoms with van der Waals surface area (Å²) in [6.07, 6.45) is 1.88. The number of aryl methyl sites for hydroxylation is 1. The summed E-state index contributed by atoms with van der Waals surface area (Å²) < 4.78 is 20.3. The average molecular weight is 409 g/mol. The number of furan rings is 1. The zero-order chi connectivity index (χ0) is 20.8. The lowest BCUT2D eigenvalue weighted by molar-refractivity contribution is 0.0967. The van der Waals surface area contributed by atoms with E-state index in [1.807, 2.05) is 6.92 Å². The molecule has 0 saturated carbocycles. The first-order valence-electron chi connectivity index (χ1n) is 9.07. The normalized spacial score (nSPS) is 18.8.